The van der Waals surface area contributed by atoms with Crippen LogP contribution in [0.25, 0.3) is 0 Å². The van der Waals surface area contributed by atoms with Gasteiger partial charge in [0.1, 0.15) is 31.3 Å². The number of carbonyl (C=O) groups is 1. The van der Waals surface area contributed by atoms with Gasteiger partial charge in [-0.1, -0.05) is 61.9 Å². The van der Waals surface area contributed by atoms with Gasteiger partial charge in [0.15, 0.2) is 0 Å². The van der Waals surface area contributed by atoms with E-state index in [0.29, 0.717) is 49.7 Å². The minimum Gasteiger partial charge on any atom is -0.487 e. The van der Waals surface area contributed by atoms with Crippen molar-refractivity contribution < 1.29 is 43.9 Å². The van der Waals surface area contributed by atoms with Crippen LogP contribution >= 0.6 is 0 Å². The maximum atomic E-state index is 14.7. The fraction of sp³-hybridized carbons (Fsp3) is 0.638. The summed E-state index contributed by atoms with van der Waals surface area (Å²) in [6.07, 6.45) is 15.1. The Morgan fingerprint density at radius 1 is 1.03 bits per heavy atom. The number of aryl methyl sites for hydroxylation is 1. The average molecular weight is 818 g/mol. The van der Waals surface area contributed by atoms with E-state index in [4.69, 9.17) is 28.9 Å². The van der Waals surface area contributed by atoms with Crippen molar-refractivity contribution in [2.24, 2.45) is 28.8 Å². The Kier molecular flexibility index (Phi) is 16.8. The van der Waals surface area contributed by atoms with Gasteiger partial charge in [0, 0.05) is 49.8 Å². The van der Waals surface area contributed by atoms with Gasteiger partial charge in [0.2, 0.25) is 11.7 Å². The lowest BCUT2D eigenvalue weighted by atomic mass is 9.55. The van der Waals surface area contributed by atoms with Crippen molar-refractivity contribution >= 4 is 11.6 Å². The molecule has 6 atom stereocenters. The summed E-state index contributed by atoms with van der Waals surface area (Å²) in [5.74, 6) is 0.215. The zero-order valence-corrected chi connectivity index (χ0v) is 35.3. The van der Waals surface area contributed by atoms with Crippen molar-refractivity contribution in [3.05, 3.63) is 77.7 Å². The Morgan fingerprint density at radius 3 is 2.56 bits per heavy atom. The third kappa shape index (κ3) is 10.7. The molecule has 12 heteroatoms. The van der Waals surface area contributed by atoms with E-state index in [0.717, 1.165) is 73.2 Å². The van der Waals surface area contributed by atoms with Crippen LogP contribution in [0.5, 0.6) is 11.5 Å². The number of aliphatic hydroxyl groups is 3. The number of nitrogens with zero attached hydrogens (tertiary/aromatic N) is 3. The first-order valence-electron chi connectivity index (χ1n) is 22.0. The second kappa shape index (κ2) is 22.2. The molecule has 59 heavy (non-hydrogen) atoms. The lowest BCUT2D eigenvalue weighted by molar-refractivity contribution is -0.258. The molecular formula is C47H67N3O9. The number of aromatic nitrogens is 1. The van der Waals surface area contributed by atoms with Crippen LogP contribution in [0.15, 0.2) is 65.9 Å². The number of unbranched alkanes of at least 4 members (excludes halogenated alkanes) is 2. The van der Waals surface area contributed by atoms with Gasteiger partial charge >= 0.3 is 0 Å². The molecule has 12 nitrogen and oxygen atoms in total. The summed E-state index contributed by atoms with van der Waals surface area (Å²) in [6.45, 7) is 7.31. The van der Waals surface area contributed by atoms with Gasteiger partial charge in [-0.3, -0.25) is 9.78 Å². The van der Waals surface area contributed by atoms with Crippen molar-refractivity contribution in [3.8, 4) is 11.5 Å². The molecule has 3 aliphatic carbocycles. The number of hydrogen-bond acceptors (Lipinski definition) is 11. The topological polar surface area (TPSA) is 152 Å². The molecule has 6 rings (SSSR count). The normalized spacial score (nSPS) is 25.5. The molecule has 0 spiro atoms. The molecule has 2 aromatic rings. The van der Waals surface area contributed by atoms with E-state index in [1.807, 2.05) is 42.2 Å². The SMILES string of the molecule is C=CCOC12Oc3ccc(OCc4cccc(C)n4)cc3C3C(CCCCO)C(CCCCO)C=C(C(=NOC)CC1N(CCOCCO)C(=O)CCC1CCCC1)C32. The number of amides is 1. The first kappa shape index (κ1) is 44.7. The number of ether oxygens (including phenoxy) is 4. The highest BCUT2D eigenvalue weighted by molar-refractivity contribution is 6.03. The van der Waals surface area contributed by atoms with E-state index in [1.165, 1.54) is 12.8 Å². The van der Waals surface area contributed by atoms with Crippen LogP contribution in [-0.4, -0.2) is 102 Å². The fourth-order valence-electron chi connectivity index (χ4n) is 10.2. The summed E-state index contributed by atoms with van der Waals surface area (Å²) in [5, 5.41) is 34.0. The zero-order chi connectivity index (χ0) is 41.6. The Bertz CT molecular complexity index is 1730. The molecule has 6 unspecified atom stereocenters. The van der Waals surface area contributed by atoms with Crippen LogP contribution in [0.2, 0.25) is 0 Å². The summed E-state index contributed by atoms with van der Waals surface area (Å²) in [7, 11) is 1.56. The number of rotatable bonds is 24. The van der Waals surface area contributed by atoms with E-state index in [9.17, 15) is 20.1 Å². The zero-order valence-electron chi connectivity index (χ0n) is 35.3. The second-order valence-corrected chi connectivity index (χ2v) is 16.6. The van der Waals surface area contributed by atoms with Gasteiger partial charge in [-0.2, -0.15) is 0 Å². The van der Waals surface area contributed by atoms with Gasteiger partial charge < -0.3 is 44.0 Å². The Hall–Kier alpha value is -3.81. The third-order valence-electron chi connectivity index (χ3n) is 12.8. The smallest absolute Gasteiger partial charge is 0.239 e. The molecule has 4 aliphatic rings. The van der Waals surface area contributed by atoms with Crippen LogP contribution in [0.3, 0.4) is 0 Å². The first-order valence-corrected chi connectivity index (χ1v) is 22.0. The van der Waals surface area contributed by atoms with Crippen molar-refractivity contribution in [3.63, 3.8) is 0 Å². The van der Waals surface area contributed by atoms with Crippen LogP contribution in [0.1, 0.15) is 106 Å². The van der Waals surface area contributed by atoms with E-state index in [-0.39, 0.29) is 69.8 Å². The van der Waals surface area contributed by atoms with Crippen molar-refractivity contribution in [2.45, 2.75) is 115 Å². The Balaban J connectivity index is 1.51. The number of aliphatic hydroxyl groups excluding tert-OH is 3. The number of allylic oxidation sites excluding steroid dienone is 1. The van der Waals surface area contributed by atoms with Crippen LogP contribution < -0.4 is 9.47 Å². The maximum Gasteiger partial charge on any atom is 0.239 e. The van der Waals surface area contributed by atoms with Crippen molar-refractivity contribution in [1.29, 1.82) is 0 Å². The van der Waals surface area contributed by atoms with Gasteiger partial charge in [-0.05, 0) is 92.7 Å². The molecule has 1 aliphatic heterocycles. The molecule has 2 saturated carbocycles. The number of pyridine rings is 1. The molecule has 0 radical (unpaired) electrons. The molecule has 0 saturated heterocycles. The van der Waals surface area contributed by atoms with Crippen LogP contribution in [0.4, 0.5) is 0 Å². The largest absolute Gasteiger partial charge is 0.487 e. The number of oxime groups is 1. The van der Waals surface area contributed by atoms with Gasteiger partial charge in [-0.15, -0.1) is 6.58 Å². The number of hydrogen-bond donors (Lipinski definition) is 3. The lowest BCUT2D eigenvalue weighted by Crippen LogP contribution is -2.70. The molecule has 324 valence electrons. The molecule has 1 aromatic carbocycles. The van der Waals surface area contributed by atoms with E-state index < -0.39 is 17.7 Å². The lowest BCUT2D eigenvalue weighted by Gasteiger charge is -2.60. The molecular weight excluding hydrogens is 751 g/mol. The van der Waals surface area contributed by atoms with Crippen LogP contribution in [0, 0.1) is 30.6 Å². The van der Waals surface area contributed by atoms with Gasteiger partial charge in [0.05, 0.1) is 43.8 Å². The predicted octanol–water partition coefficient (Wildman–Crippen LogP) is 7.04. The highest BCUT2D eigenvalue weighted by Gasteiger charge is 2.65. The molecule has 3 N–H and O–H groups in total. The maximum absolute atomic E-state index is 14.7. The van der Waals surface area contributed by atoms with Crippen molar-refractivity contribution in [2.75, 3.05) is 53.3 Å². The van der Waals surface area contributed by atoms with Crippen molar-refractivity contribution in [1.82, 2.24) is 9.88 Å². The highest BCUT2D eigenvalue weighted by atomic mass is 16.7. The number of carbonyl (C=O) groups excluding carboxylic acids is 1. The molecule has 2 fully saturated rings. The average Bonchev–Trinajstić information content (AvgIpc) is 3.77. The standard InChI is InChI=1S/C47H67N3O9/c1-4-26-58-47-43(50(22-27-56-28-25-53)44(54)21-18-34-13-5-6-14-34)31-41(49-55-3)39-29-35(15-7-9-23-51)38(17-8-10-24-52)45(46(39)47)40-30-37(19-20-42(40)59-47)57-32-36-16-11-12-33(2)48-36/h4,11-12,16,19-20,29-30,34-35,38,43,45-46,51-53H,1,5-10,13-15,17-18,21-28,31-32H2,2-3H3. The van der Waals surface area contributed by atoms with Gasteiger partial charge in [-0.25, -0.2) is 0 Å². The molecule has 0 bridgehead atoms. The summed E-state index contributed by atoms with van der Waals surface area (Å²) >= 11 is 0. The van der Waals surface area contributed by atoms with E-state index in [1.54, 1.807) is 13.2 Å². The van der Waals surface area contributed by atoms with E-state index in [2.05, 4.69) is 23.7 Å². The minimum atomic E-state index is -1.34. The first-order chi connectivity index (χ1) is 28.9. The predicted molar refractivity (Wildman–Crippen MR) is 226 cm³/mol. The van der Waals surface area contributed by atoms with E-state index >= 15 is 0 Å². The molecule has 1 amide bonds. The van der Waals surface area contributed by atoms with Gasteiger partial charge in [0.25, 0.3) is 0 Å². The summed E-state index contributed by atoms with van der Waals surface area (Å²) in [5.41, 5.74) is 4.49. The quantitative estimate of drug-likeness (QED) is 0.0572. The summed E-state index contributed by atoms with van der Waals surface area (Å²) in [6, 6.07) is 11.3. The second-order valence-electron chi connectivity index (χ2n) is 16.6. The third-order valence-corrected chi connectivity index (χ3v) is 12.8. The Morgan fingerprint density at radius 2 is 1.83 bits per heavy atom. The highest BCUT2D eigenvalue weighted by Crippen LogP contribution is 2.62. The monoisotopic (exact) mass is 817 g/mol. The number of benzene rings is 1. The Labute approximate surface area is 350 Å². The molecule has 2 heterocycles. The summed E-state index contributed by atoms with van der Waals surface area (Å²) < 4.78 is 26.7. The fourth-order valence-corrected chi connectivity index (χ4v) is 10.2. The number of fused-ring (bicyclic) bond motifs is 2. The molecule has 1 aromatic heterocycles. The minimum absolute atomic E-state index is 0.0110. The van der Waals surface area contributed by atoms with Crippen LogP contribution in [-0.2, 0) is 25.7 Å². The summed E-state index contributed by atoms with van der Waals surface area (Å²) in [4.78, 5) is 26.9.